The minimum absolute atomic E-state index is 0.239. The number of carbonyl (C=O) groups excluding carboxylic acids is 1. The van der Waals surface area contributed by atoms with Crippen molar-refractivity contribution < 1.29 is 9.32 Å². The van der Waals surface area contributed by atoms with E-state index in [1.54, 1.807) is 24.4 Å². The largest absolute Gasteiger partial charge is 0.360 e. The van der Waals surface area contributed by atoms with E-state index in [-0.39, 0.29) is 5.91 Å². The van der Waals surface area contributed by atoms with Gasteiger partial charge in [0.1, 0.15) is 11.5 Å². The first-order chi connectivity index (χ1) is 12.0. The number of benzene rings is 1. The van der Waals surface area contributed by atoms with Gasteiger partial charge in [-0.1, -0.05) is 37.2 Å². The molecule has 0 saturated heterocycles. The molecule has 0 radical (unpaired) electrons. The molecule has 6 heteroatoms. The van der Waals surface area contributed by atoms with Crippen LogP contribution in [0.1, 0.15) is 41.6 Å². The Labute approximate surface area is 146 Å². The van der Waals surface area contributed by atoms with Crippen molar-refractivity contribution >= 4 is 23.1 Å². The van der Waals surface area contributed by atoms with Gasteiger partial charge >= 0.3 is 0 Å². The average Bonchev–Trinajstić information content (AvgIpc) is 3.00. The molecule has 1 amide bonds. The predicted octanol–water partition coefficient (Wildman–Crippen LogP) is 4.50. The molecule has 25 heavy (non-hydrogen) atoms. The maximum atomic E-state index is 12.4. The number of nitrogens with zero attached hydrogens (tertiary/aromatic N) is 2. The summed E-state index contributed by atoms with van der Waals surface area (Å²) in [6, 6.07) is 13.0. The van der Waals surface area contributed by atoms with Gasteiger partial charge < -0.3 is 15.2 Å². The fraction of sp³-hybridized carbons (Fsp3) is 0.211. The molecule has 1 aromatic carbocycles. The Morgan fingerprint density at radius 1 is 1.16 bits per heavy atom. The number of hydrogen-bond donors (Lipinski definition) is 2. The molecule has 0 aliphatic heterocycles. The third kappa shape index (κ3) is 4.03. The quantitative estimate of drug-likeness (QED) is 0.717. The molecule has 0 fully saturated rings. The second kappa shape index (κ2) is 7.17. The van der Waals surface area contributed by atoms with E-state index >= 15 is 0 Å². The van der Waals surface area contributed by atoms with Crippen LogP contribution in [-0.4, -0.2) is 16.0 Å². The van der Waals surface area contributed by atoms with Crippen LogP contribution < -0.4 is 10.6 Å². The first kappa shape index (κ1) is 16.7. The Morgan fingerprint density at radius 3 is 2.60 bits per heavy atom. The Bertz CT molecular complexity index is 869. The van der Waals surface area contributed by atoms with E-state index in [0.717, 1.165) is 22.7 Å². The number of pyridine rings is 1. The van der Waals surface area contributed by atoms with Crippen molar-refractivity contribution in [1.82, 2.24) is 10.1 Å². The number of nitrogens with one attached hydrogen (secondary N) is 2. The first-order valence-electron chi connectivity index (χ1n) is 8.09. The summed E-state index contributed by atoms with van der Waals surface area (Å²) in [5.41, 5.74) is 2.98. The molecule has 2 heterocycles. The highest BCUT2D eigenvalue weighted by Gasteiger charge is 2.12. The van der Waals surface area contributed by atoms with Crippen LogP contribution in [0.5, 0.6) is 0 Å². The smallest absolute Gasteiger partial charge is 0.274 e. The Hall–Kier alpha value is -3.15. The van der Waals surface area contributed by atoms with E-state index in [2.05, 4.69) is 34.6 Å². The van der Waals surface area contributed by atoms with Gasteiger partial charge in [0.25, 0.3) is 5.91 Å². The molecule has 0 unspecified atom stereocenters. The number of anilines is 3. The van der Waals surface area contributed by atoms with E-state index in [1.165, 1.54) is 0 Å². The van der Waals surface area contributed by atoms with Gasteiger partial charge in [-0.05, 0) is 36.6 Å². The first-order valence-corrected chi connectivity index (χ1v) is 8.09. The van der Waals surface area contributed by atoms with E-state index in [9.17, 15) is 4.79 Å². The minimum atomic E-state index is -0.239. The van der Waals surface area contributed by atoms with Crippen LogP contribution in [-0.2, 0) is 0 Å². The highest BCUT2D eigenvalue weighted by molar-refractivity contribution is 6.03. The summed E-state index contributed by atoms with van der Waals surface area (Å²) in [4.78, 5) is 16.7. The molecule has 0 spiro atoms. The number of amides is 1. The highest BCUT2D eigenvalue weighted by Crippen LogP contribution is 2.24. The summed E-state index contributed by atoms with van der Waals surface area (Å²) >= 11 is 0. The fourth-order valence-electron chi connectivity index (χ4n) is 2.48. The van der Waals surface area contributed by atoms with Crippen LogP contribution in [0.3, 0.4) is 0 Å². The third-order valence-electron chi connectivity index (χ3n) is 3.73. The molecular formula is C19H20N4O2. The van der Waals surface area contributed by atoms with Crippen molar-refractivity contribution in [2.45, 2.75) is 26.7 Å². The Kier molecular flexibility index (Phi) is 4.79. The zero-order chi connectivity index (χ0) is 17.8. The molecule has 0 atom stereocenters. The topological polar surface area (TPSA) is 80.0 Å². The lowest BCUT2D eigenvalue weighted by molar-refractivity contribution is 0.102. The normalized spacial score (nSPS) is 10.7. The van der Waals surface area contributed by atoms with Crippen LogP contribution in [0.4, 0.5) is 17.2 Å². The van der Waals surface area contributed by atoms with Crippen LogP contribution in [0.25, 0.3) is 0 Å². The van der Waals surface area contributed by atoms with Gasteiger partial charge in [0.15, 0.2) is 5.82 Å². The molecule has 0 aliphatic rings. The van der Waals surface area contributed by atoms with Crippen molar-refractivity contribution in [3.63, 3.8) is 0 Å². The molecule has 3 aromatic rings. The summed E-state index contributed by atoms with van der Waals surface area (Å²) in [5.74, 6) is 1.40. The summed E-state index contributed by atoms with van der Waals surface area (Å²) in [7, 11) is 0. The van der Waals surface area contributed by atoms with Crippen molar-refractivity contribution in [2.75, 3.05) is 10.6 Å². The van der Waals surface area contributed by atoms with Gasteiger partial charge in [-0.3, -0.25) is 4.79 Å². The maximum Gasteiger partial charge on any atom is 0.274 e. The lowest BCUT2D eigenvalue weighted by Gasteiger charge is -2.13. The molecule has 6 nitrogen and oxygen atoms in total. The molecule has 0 aliphatic carbocycles. The Balaban J connectivity index is 1.71. The third-order valence-corrected chi connectivity index (χ3v) is 3.73. The highest BCUT2D eigenvalue weighted by atomic mass is 16.5. The second-order valence-corrected chi connectivity index (χ2v) is 6.08. The summed E-state index contributed by atoms with van der Waals surface area (Å²) < 4.78 is 5.00. The number of hydrogen-bond acceptors (Lipinski definition) is 5. The van der Waals surface area contributed by atoms with Crippen LogP contribution >= 0.6 is 0 Å². The number of rotatable bonds is 5. The average molecular weight is 336 g/mol. The van der Waals surface area contributed by atoms with Crippen molar-refractivity contribution in [3.8, 4) is 0 Å². The van der Waals surface area contributed by atoms with Gasteiger partial charge in [-0.25, -0.2) is 4.98 Å². The van der Waals surface area contributed by atoms with E-state index in [4.69, 9.17) is 4.52 Å². The molecule has 128 valence electrons. The number of carbonyl (C=O) groups is 1. The van der Waals surface area contributed by atoms with Gasteiger partial charge in [-0.2, -0.15) is 0 Å². The van der Waals surface area contributed by atoms with Crippen molar-refractivity contribution in [1.29, 1.82) is 0 Å². The number of aromatic nitrogens is 2. The molecule has 2 aromatic heterocycles. The summed E-state index contributed by atoms with van der Waals surface area (Å²) in [6.07, 6.45) is 1.59. The monoisotopic (exact) mass is 336 g/mol. The zero-order valence-electron chi connectivity index (χ0n) is 14.4. The van der Waals surface area contributed by atoms with E-state index in [1.807, 2.05) is 31.2 Å². The predicted molar refractivity (Wildman–Crippen MR) is 97.2 cm³/mol. The molecule has 0 bridgehead atoms. The standard InChI is InChI=1S/C19H20N4O2/c1-12(2)15-6-4-5-7-16(15)22-19(24)17-9-8-14(11-20-17)21-18-10-13(3)25-23-18/h4-12H,1-3H3,(H,21,23)(H,22,24). The maximum absolute atomic E-state index is 12.4. The van der Waals surface area contributed by atoms with E-state index < -0.39 is 0 Å². The summed E-state index contributed by atoms with van der Waals surface area (Å²) in [5, 5.41) is 9.85. The minimum Gasteiger partial charge on any atom is -0.360 e. The molecule has 3 rings (SSSR count). The lowest BCUT2D eigenvalue weighted by atomic mass is 10.0. The van der Waals surface area contributed by atoms with Gasteiger partial charge in [0.05, 0.1) is 11.9 Å². The number of aryl methyl sites for hydroxylation is 1. The van der Waals surface area contributed by atoms with Gasteiger partial charge in [0, 0.05) is 11.8 Å². The number of para-hydroxylation sites is 1. The second-order valence-electron chi connectivity index (χ2n) is 6.08. The Morgan fingerprint density at radius 2 is 1.96 bits per heavy atom. The lowest BCUT2D eigenvalue weighted by Crippen LogP contribution is -2.15. The summed E-state index contributed by atoms with van der Waals surface area (Å²) in [6.45, 7) is 6.00. The van der Waals surface area contributed by atoms with E-state index in [0.29, 0.717) is 17.4 Å². The fourth-order valence-corrected chi connectivity index (χ4v) is 2.48. The van der Waals surface area contributed by atoms with Gasteiger partial charge in [-0.15, -0.1) is 0 Å². The zero-order valence-corrected chi connectivity index (χ0v) is 14.4. The van der Waals surface area contributed by atoms with Crippen LogP contribution in [0.2, 0.25) is 0 Å². The van der Waals surface area contributed by atoms with Crippen LogP contribution in [0.15, 0.2) is 53.2 Å². The van der Waals surface area contributed by atoms with Crippen molar-refractivity contribution in [3.05, 3.63) is 65.7 Å². The SMILES string of the molecule is Cc1cc(Nc2ccc(C(=O)Nc3ccccc3C(C)C)nc2)no1. The van der Waals surface area contributed by atoms with Gasteiger partial charge in [0.2, 0.25) is 0 Å². The molecule has 0 saturated carbocycles. The molecule has 2 N–H and O–H groups in total. The van der Waals surface area contributed by atoms with Crippen LogP contribution in [0, 0.1) is 6.92 Å². The molecular weight excluding hydrogens is 316 g/mol. The van der Waals surface area contributed by atoms with Crippen molar-refractivity contribution in [2.24, 2.45) is 0 Å².